The number of nitrogens with zero attached hydrogens (tertiary/aromatic N) is 1. The van der Waals surface area contributed by atoms with Gasteiger partial charge in [-0.25, -0.2) is 13.6 Å². The predicted octanol–water partition coefficient (Wildman–Crippen LogP) is 5.85. The number of carbonyl (C=O) groups is 2. The molecular formula is C31H32F2N2O5. The second kappa shape index (κ2) is 13.4. The van der Waals surface area contributed by atoms with E-state index in [1.807, 2.05) is 6.07 Å². The lowest BCUT2D eigenvalue weighted by Gasteiger charge is -2.37. The molecule has 3 rings (SSSR count). The summed E-state index contributed by atoms with van der Waals surface area (Å²) < 4.78 is 39.5. The lowest BCUT2D eigenvalue weighted by molar-refractivity contribution is -0.138. The maximum Gasteiger partial charge on any atom is 0.405 e. The molecule has 0 saturated carbocycles. The molecule has 1 unspecified atom stereocenters. The molecule has 3 aromatic carbocycles. The highest BCUT2D eigenvalue weighted by Gasteiger charge is 2.42. The van der Waals surface area contributed by atoms with Crippen molar-refractivity contribution in [3.8, 4) is 11.5 Å². The highest BCUT2D eigenvalue weighted by atomic mass is 19.2. The minimum Gasteiger partial charge on any atom is -0.497 e. The van der Waals surface area contributed by atoms with E-state index in [0.717, 1.165) is 6.07 Å². The minimum absolute atomic E-state index is 0.0159. The van der Waals surface area contributed by atoms with E-state index >= 15 is 0 Å². The molecule has 40 heavy (non-hydrogen) atoms. The number of benzene rings is 3. The first-order valence-electron chi connectivity index (χ1n) is 12.4. The summed E-state index contributed by atoms with van der Waals surface area (Å²) in [4.78, 5) is 27.8. The van der Waals surface area contributed by atoms with Crippen LogP contribution in [0.3, 0.4) is 0 Å². The molecule has 3 aromatic rings. The number of hydrogen-bond acceptors (Lipinski definition) is 4. The number of amides is 2. The summed E-state index contributed by atoms with van der Waals surface area (Å²) in [6.07, 6.45) is 0.0407. The topological polar surface area (TPSA) is 88.1 Å². The van der Waals surface area contributed by atoms with Crippen LogP contribution in [-0.2, 0) is 17.8 Å². The highest BCUT2D eigenvalue weighted by molar-refractivity contribution is 5.91. The Morgan fingerprint density at radius 2 is 1.77 bits per heavy atom. The van der Waals surface area contributed by atoms with E-state index in [-0.39, 0.29) is 37.1 Å². The van der Waals surface area contributed by atoms with Gasteiger partial charge in [-0.3, -0.25) is 4.79 Å². The monoisotopic (exact) mass is 550 g/mol. The zero-order chi connectivity index (χ0) is 29.3. The lowest BCUT2D eigenvalue weighted by atomic mass is 9.85. The van der Waals surface area contributed by atoms with Crippen LogP contribution >= 0.6 is 0 Å². The van der Waals surface area contributed by atoms with Crippen LogP contribution in [0.15, 0.2) is 86.0 Å². The first-order chi connectivity index (χ1) is 19.1. The maximum absolute atomic E-state index is 14.7. The SMILES string of the molecule is C=CCC(Cc1ccccc1)(NC(=O)O)C(=O)N(CC(=C)c1cccc(F)c1F)Cc1ccc(OC)cc1OC. The fourth-order valence-corrected chi connectivity index (χ4v) is 4.56. The van der Waals surface area contributed by atoms with Crippen LogP contribution in [-0.4, -0.2) is 48.3 Å². The number of ether oxygens (including phenoxy) is 2. The molecule has 0 aliphatic heterocycles. The van der Waals surface area contributed by atoms with Crippen molar-refractivity contribution in [1.82, 2.24) is 10.2 Å². The molecule has 9 heteroatoms. The molecule has 210 valence electrons. The van der Waals surface area contributed by atoms with Crippen LogP contribution in [0.4, 0.5) is 13.6 Å². The number of halogens is 2. The Kier molecular flexibility index (Phi) is 10.0. The minimum atomic E-state index is -1.66. The summed E-state index contributed by atoms with van der Waals surface area (Å²) in [6.45, 7) is 7.38. The van der Waals surface area contributed by atoms with Gasteiger partial charge in [0.05, 0.1) is 14.2 Å². The first kappa shape index (κ1) is 29.9. The van der Waals surface area contributed by atoms with Gasteiger partial charge in [0.1, 0.15) is 17.0 Å². The molecule has 0 heterocycles. The third-order valence-corrected chi connectivity index (χ3v) is 6.45. The number of hydrogen-bond donors (Lipinski definition) is 2. The molecular weight excluding hydrogens is 518 g/mol. The normalized spacial score (nSPS) is 12.1. The summed E-state index contributed by atoms with van der Waals surface area (Å²) in [5.41, 5.74) is -0.339. The first-order valence-corrected chi connectivity index (χ1v) is 12.4. The van der Waals surface area contributed by atoms with Gasteiger partial charge in [-0.15, -0.1) is 6.58 Å². The summed E-state index contributed by atoms with van der Waals surface area (Å²) in [5.74, 6) is -1.79. The Morgan fingerprint density at radius 3 is 2.40 bits per heavy atom. The van der Waals surface area contributed by atoms with Gasteiger partial charge in [-0.05, 0) is 35.8 Å². The van der Waals surface area contributed by atoms with E-state index < -0.39 is 29.2 Å². The average molecular weight is 551 g/mol. The number of nitrogens with one attached hydrogen (secondary N) is 1. The van der Waals surface area contributed by atoms with Crippen LogP contribution in [0.25, 0.3) is 5.57 Å². The zero-order valence-corrected chi connectivity index (χ0v) is 22.5. The number of carbonyl (C=O) groups excluding carboxylic acids is 1. The third-order valence-electron chi connectivity index (χ3n) is 6.45. The van der Waals surface area contributed by atoms with Gasteiger partial charge in [0, 0.05) is 36.7 Å². The zero-order valence-electron chi connectivity index (χ0n) is 22.5. The van der Waals surface area contributed by atoms with Crippen molar-refractivity contribution in [3.63, 3.8) is 0 Å². The van der Waals surface area contributed by atoms with Crippen LogP contribution in [0.5, 0.6) is 11.5 Å². The van der Waals surface area contributed by atoms with E-state index in [4.69, 9.17) is 9.47 Å². The predicted molar refractivity (Wildman–Crippen MR) is 149 cm³/mol. The lowest BCUT2D eigenvalue weighted by Crippen LogP contribution is -2.60. The molecule has 0 spiro atoms. The van der Waals surface area contributed by atoms with Gasteiger partial charge in [0.2, 0.25) is 5.91 Å². The number of methoxy groups -OCH3 is 2. The molecule has 0 saturated heterocycles. The third kappa shape index (κ3) is 7.05. The smallest absolute Gasteiger partial charge is 0.405 e. The van der Waals surface area contributed by atoms with E-state index in [1.165, 1.54) is 37.3 Å². The van der Waals surface area contributed by atoms with E-state index in [2.05, 4.69) is 18.5 Å². The Bertz CT molecular complexity index is 1380. The highest BCUT2D eigenvalue weighted by Crippen LogP contribution is 2.30. The molecule has 7 nitrogen and oxygen atoms in total. The molecule has 2 amide bonds. The summed E-state index contributed by atoms with van der Waals surface area (Å²) in [5, 5.41) is 12.2. The van der Waals surface area contributed by atoms with Crippen LogP contribution in [0.1, 0.15) is 23.1 Å². The average Bonchev–Trinajstić information content (AvgIpc) is 2.94. The van der Waals surface area contributed by atoms with Crippen molar-refractivity contribution in [1.29, 1.82) is 0 Å². The Labute approximate surface area is 232 Å². The van der Waals surface area contributed by atoms with Crippen LogP contribution in [0.2, 0.25) is 0 Å². The molecule has 0 aromatic heterocycles. The summed E-state index contributed by atoms with van der Waals surface area (Å²) >= 11 is 0. The van der Waals surface area contributed by atoms with Crippen molar-refractivity contribution in [2.75, 3.05) is 20.8 Å². The van der Waals surface area contributed by atoms with Crippen molar-refractivity contribution >= 4 is 17.6 Å². The van der Waals surface area contributed by atoms with Gasteiger partial charge < -0.3 is 24.8 Å². The van der Waals surface area contributed by atoms with Crippen LogP contribution < -0.4 is 14.8 Å². The number of rotatable bonds is 13. The molecule has 0 aliphatic carbocycles. The van der Waals surface area contributed by atoms with Gasteiger partial charge in [-0.2, -0.15) is 0 Å². The fraction of sp³-hybridized carbons (Fsp3) is 0.226. The maximum atomic E-state index is 14.7. The molecule has 0 radical (unpaired) electrons. The van der Waals surface area contributed by atoms with E-state index in [0.29, 0.717) is 22.6 Å². The molecule has 0 aliphatic rings. The Morgan fingerprint density at radius 1 is 1.05 bits per heavy atom. The Balaban J connectivity index is 2.12. The summed E-state index contributed by atoms with van der Waals surface area (Å²) in [7, 11) is 2.97. The summed E-state index contributed by atoms with van der Waals surface area (Å²) in [6, 6.07) is 17.7. The van der Waals surface area contributed by atoms with Crippen LogP contribution in [0, 0.1) is 11.6 Å². The van der Waals surface area contributed by atoms with E-state index in [1.54, 1.807) is 42.5 Å². The standard InChI is InChI=1S/C31H32F2N2O5/c1-5-16-31(34-30(37)38,18-22-10-7-6-8-11-22)29(36)35(19-21(2)25-12-9-13-26(32)28(25)33)20-23-14-15-24(39-3)17-27(23)40-4/h5-15,17,34H,1-2,16,18-20H2,3-4H3,(H,37,38). The number of carboxylic acid groups (broad SMARTS) is 1. The Hall–Kier alpha value is -4.66. The van der Waals surface area contributed by atoms with E-state index in [9.17, 15) is 23.5 Å². The molecule has 2 N–H and O–H groups in total. The second-order valence-electron chi connectivity index (χ2n) is 9.21. The largest absolute Gasteiger partial charge is 0.497 e. The van der Waals surface area contributed by atoms with Gasteiger partial charge >= 0.3 is 6.09 Å². The molecule has 0 fully saturated rings. The van der Waals surface area contributed by atoms with Crippen molar-refractivity contribution in [2.45, 2.75) is 24.9 Å². The van der Waals surface area contributed by atoms with Gasteiger partial charge in [-0.1, -0.05) is 55.1 Å². The van der Waals surface area contributed by atoms with Crippen molar-refractivity contribution < 1.29 is 33.0 Å². The quantitative estimate of drug-likeness (QED) is 0.261. The fourth-order valence-electron chi connectivity index (χ4n) is 4.56. The molecule has 1 atom stereocenters. The van der Waals surface area contributed by atoms with Crippen molar-refractivity contribution in [2.24, 2.45) is 0 Å². The van der Waals surface area contributed by atoms with Crippen molar-refractivity contribution in [3.05, 3.63) is 114 Å². The van der Waals surface area contributed by atoms with Gasteiger partial charge in [0.15, 0.2) is 11.6 Å². The second-order valence-corrected chi connectivity index (χ2v) is 9.21. The van der Waals surface area contributed by atoms with Gasteiger partial charge in [0.25, 0.3) is 0 Å². The molecule has 0 bridgehead atoms.